The van der Waals surface area contributed by atoms with Crippen molar-refractivity contribution in [3.63, 3.8) is 0 Å². The summed E-state index contributed by atoms with van der Waals surface area (Å²) in [5.74, 6) is 1.64. The number of likely N-dealkylation sites (tertiary alicyclic amines) is 1. The van der Waals surface area contributed by atoms with Crippen LogP contribution in [0.3, 0.4) is 0 Å². The lowest BCUT2D eigenvalue weighted by Crippen LogP contribution is -2.47. The minimum absolute atomic E-state index is 0.675. The summed E-state index contributed by atoms with van der Waals surface area (Å²) in [5.41, 5.74) is 0. The monoisotopic (exact) mass is 240 g/mol. The molecule has 3 nitrogen and oxygen atoms in total. The maximum Gasteiger partial charge on any atom is 0.0521 e. The fourth-order valence-corrected chi connectivity index (χ4v) is 3.25. The molecule has 0 aromatic rings. The summed E-state index contributed by atoms with van der Waals surface area (Å²) in [4.78, 5) is 2.65. The van der Waals surface area contributed by atoms with Gasteiger partial charge in [0.25, 0.3) is 0 Å². The van der Waals surface area contributed by atoms with E-state index in [9.17, 15) is 0 Å². The molecule has 0 radical (unpaired) electrons. The van der Waals surface area contributed by atoms with E-state index >= 15 is 0 Å². The maximum atomic E-state index is 5.66. The van der Waals surface area contributed by atoms with E-state index in [1.807, 2.05) is 0 Å². The van der Waals surface area contributed by atoms with Gasteiger partial charge in [-0.3, -0.25) is 0 Å². The third kappa shape index (κ3) is 3.67. The van der Waals surface area contributed by atoms with Gasteiger partial charge in [-0.15, -0.1) is 0 Å². The molecular formula is C14H28N2O. The average molecular weight is 240 g/mol. The topological polar surface area (TPSA) is 24.5 Å². The highest BCUT2D eigenvalue weighted by Gasteiger charge is 2.29. The molecule has 2 fully saturated rings. The van der Waals surface area contributed by atoms with Crippen molar-refractivity contribution in [3.05, 3.63) is 0 Å². The van der Waals surface area contributed by atoms with Crippen LogP contribution >= 0.6 is 0 Å². The summed E-state index contributed by atoms with van der Waals surface area (Å²) < 4.78 is 5.66. The molecule has 3 atom stereocenters. The minimum atomic E-state index is 0.675. The Labute approximate surface area is 106 Å². The molecule has 17 heavy (non-hydrogen) atoms. The van der Waals surface area contributed by atoms with Gasteiger partial charge in [-0.2, -0.15) is 0 Å². The summed E-state index contributed by atoms with van der Waals surface area (Å²) in [7, 11) is 0. The van der Waals surface area contributed by atoms with Crippen LogP contribution < -0.4 is 5.32 Å². The van der Waals surface area contributed by atoms with E-state index in [0.29, 0.717) is 12.0 Å². The lowest BCUT2D eigenvalue weighted by molar-refractivity contribution is 0.0195. The van der Waals surface area contributed by atoms with E-state index in [0.717, 1.165) is 25.7 Å². The molecule has 0 saturated carbocycles. The summed E-state index contributed by atoms with van der Waals surface area (Å²) >= 11 is 0. The van der Waals surface area contributed by atoms with E-state index in [-0.39, 0.29) is 0 Å². The Balaban J connectivity index is 1.79. The van der Waals surface area contributed by atoms with Gasteiger partial charge in [0.15, 0.2) is 0 Å². The first-order valence-electron chi connectivity index (χ1n) is 7.37. The molecule has 2 aliphatic rings. The van der Waals surface area contributed by atoms with Crippen LogP contribution in [0, 0.1) is 11.8 Å². The molecule has 2 rings (SSSR count). The summed E-state index contributed by atoms with van der Waals surface area (Å²) in [6, 6.07) is 0.675. The number of hydrogen-bond acceptors (Lipinski definition) is 3. The molecule has 3 heteroatoms. The van der Waals surface area contributed by atoms with Gasteiger partial charge in [0.1, 0.15) is 0 Å². The molecule has 0 spiro atoms. The number of hydrogen-bond donors (Lipinski definition) is 1. The molecule has 2 heterocycles. The Kier molecular flexibility index (Phi) is 5.26. The third-order valence-corrected chi connectivity index (χ3v) is 4.38. The number of nitrogens with one attached hydrogen (secondary N) is 1. The van der Waals surface area contributed by atoms with Gasteiger partial charge in [-0.1, -0.05) is 20.3 Å². The highest BCUT2D eigenvalue weighted by Crippen LogP contribution is 2.23. The van der Waals surface area contributed by atoms with Crippen LogP contribution in [0.2, 0.25) is 0 Å². The minimum Gasteiger partial charge on any atom is -0.381 e. The second-order valence-electron chi connectivity index (χ2n) is 5.61. The Morgan fingerprint density at radius 3 is 2.88 bits per heavy atom. The first-order chi connectivity index (χ1) is 8.33. The number of nitrogens with zero attached hydrogens (tertiary/aromatic N) is 1. The fourth-order valence-electron chi connectivity index (χ4n) is 3.25. The Morgan fingerprint density at radius 1 is 1.29 bits per heavy atom. The first kappa shape index (κ1) is 13.3. The van der Waals surface area contributed by atoms with Crippen LogP contribution in [-0.2, 0) is 4.74 Å². The quantitative estimate of drug-likeness (QED) is 0.792. The zero-order valence-electron chi connectivity index (χ0n) is 11.5. The van der Waals surface area contributed by atoms with Gasteiger partial charge in [0.05, 0.1) is 6.61 Å². The Bertz CT molecular complexity index is 220. The van der Waals surface area contributed by atoms with Crippen molar-refractivity contribution in [2.24, 2.45) is 11.8 Å². The SMILES string of the molecule is CCNC1CCOCC1CN1CCC(CC)C1. The molecule has 0 aromatic carbocycles. The van der Waals surface area contributed by atoms with Crippen LogP contribution in [0.1, 0.15) is 33.1 Å². The van der Waals surface area contributed by atoms with Crippen molar-refractivity contribution in [2.45, 2.75) is 39.2 Å². The molecule has 100 valence electrons. The summed E-state index contributed by atoms with van der Waals surface area (Å²) in [6.45, 7) is 11.3. The predicted octanol–water partition coefficient (Wildman–Crippen LogP) is 1.73. The fraction of sp³-hybridized carbons (Fsp3) is 1.00. The number of rotatable bonds is 5. The van der Waals surface area contributed by atoms with Crippen LogP contribution in [0.4, 0.5) is 0 Å². The van der Waals surface area contributed by atoms with Crippen LogP contribution in [-0.4, -0.2) is 50.3 Å². The van der Waals surface area contributed by atoms with Gasteiger partial charge in [-0.25, -0.2) is 0 Å². The van der Waals surface area contributed by atoms with Crippen LogP contribution in [0.25, 0.3) is 0 Å². The lowest BCUT2D eigenvalue weighted by Gasteiger charge is -2.34. The van der Waals surface area contributed by atoms with Crippen molar-refractivity contribution in [1.82, 2.24) is 10.2 Å². The molecule has 3 unspecified atom stereocenters. The van der Waals surface area contributed by atoms with Gasteiger partial charge in [0, 0.05) is 31.7 Å². The molecule has 0 amide bonds. The van der Waals surface area contributed by atoms with E-state index in [2.05, 4.69) is 24.1 Å². The van der Waals surface area contributed by atoms with E-state index < -0.39 is 0 Å². The van der Waals surface area contributed by atoms with Gasteiger partial charge < -0.3 is 15.0 Å². The van der Waals surface area contributed by atoms with Crippen LogP contribution in [0.15, 0.2) is 0 Å². The van der Waals surface area contributed by atoms with E-state index in [1.165, 1.54) is 38.9 Å². The van der Waals surface area contributed by atoms with Crippen molar-refractivity contribution >= 4 is 0 Å². The summed E-state index contributed by atoms with van der Waals surface area (Å²) in [6.07, 6.45) is 3.92. The van der Waals surface area contributed by atoms with Crippen molar-refractivity contribution < 1.29 is 4.74 Å². The van der Waals surface area contributed by atoms with Gasteiger partial charge in [-0.05, 0) is 31.8 Å². The van der Waals surface area contributed by atoms with E-state index in [4.69, 9.17) is 4.74 Å². The molecule has 0 bridgehead atoms. The second kappa shape index (κ2) is 6.72. The molecule has 0 aromatic heterocycles. The summed E-state index contributed by atoms with van der Waals surface area (Å²) in [5, 5.41) is 3.63. The van der Waals surface area contributed by atoms with Crippen molar-refractivity contribution in [3.8, 4) is 0 Å². The average Bonchev–Trinajstić information content (AvgIpc) is 2.80. The highest BCUT2D eigenvalue weighted by molar-refractivity contribution is 4.84. The lowest BCUT2D eigenvalue weighted by atomic mass is 9.95. The van der Waals surface area contributed by atoms with Gasteiger partial charge in [0.2, 0.25) is 0 Å². The second-order valence-corrected chi connectivity index (χ2v) is 5.61. The standard InChI is InChI=1S/C14H28N2O/c1-3-12-5-7-16(9-12)10-13-11-17-8-6-14(13)15-4-2/h12-15H,3-11H2,1-2H3. The Morgan fingerprint density at radius 2 is 2.18 bits per heavy atom. The predicted molar refractivity (Wildman–Crippen MR) is 71.2 cm³/mol. The zero-order valence-corrected chi connectivity index (χ0v) is 11.5. The molecule has 2 aliphatic heterocycles. The number of ether oxygens (including phenoxy) is 1. The smallest absolute Gasteiger partial charge is 0.0521 e. The van der Waals surface area contributed by atoms with Crippen molar-refractivity contribution in [1.29, 1.82) is 0 Å². The molecule has 1 N–H and O–H groups in total. The van der Waals surface area contributed by atoms with E-state index in [1.54, 1.807) is 0 Å². The normalized spacial score (nSPS) is 35.3. The zero-order chi connectivity index (χ0) is 12.1. The van der Waals surface area contributed by atoms with Crippen LogP contribution in [0.5, 0.6) is 0 Å². The largest absolute Gasteiger partial charge is 0.381 e. The molecule has 2 saturated heterocycles. The molecule has 0 aliphatic carbocycles. The third-order valence-electron chi connectivity index (χ3n) is 4.38. The maximum absolute atomic E-state index is 5.66. The Hall–Kier alpha value is -0.120. The van der Waals surface area contributed by atoms with Gasteiger partial charge >= 0.3 is 0 Å². The van der Waals surface area contributed by atoms with Crippen molar-refractivity contribution in [2.75, 3.05) is 39.4 Å². The first-order valence-corrected chi connectivity index (χ1v) is 7.37. The highest BCUT2D eigenvalue weighted by atomic mass is 16.5. The molecular weight excluding hydrogens is 212 g/mol.